The predicted molar refractivity (Wildman–Crippen MR) is 115 cm³/mol. The van der Waals surface area contributed by atoms with Gasteiger partial charge < -0.3 is 15.4 Å². The molecule has 1 saturated heterocycles. The van der Waals surface area contributed by atoms with Gasteiger partial charge in [0.05, 0.1) is 19.7 Å². The number of hydrogen-bond acceptors (Lipinski definition) is 4. The third-order valence-corrected chi connectivity index (χ3v) is 5.15. The zero-order valence-corrected chi connectivity index (χ0v) is 17.7. The molecule has 1 heterocycles. The Bertz CT molecular complexity index is 788. The number of para-hydroxylation sites is 1. The lowest BCUT2D eigenvalue weighted by Gasteiger charge is -2.36. The van der Waals surface area contributed by atoms with Crippen LogP contribution in [0.2, 0.25) is 5.02 Å². The average Bonchev–Trinajstić information content (AvgIpc) is 2.68. The highest BCUT2D eigenvalue weighted by molar-refractivity contribution is 6.30. The third kappa shape index (κ3) is 5.61. The van der Waals surface area contributed by atoms with Crippen molar-refractivity contribution >= 4 is 29.9 Å². The van der Waals surface area contributed by atoms with Crippen molar-refractivity contribution in [2.45, 2.75) is 19.0 Å². The number of carbonyl (C=O) groups excluding carboxylic acids is 1. The van der Waals surface area contributed by atoms with Crippen molar-refractivity contribution in [3.63, 3.8) is 0 Å². The number of halogens is 2. The molecule has 1 amide bonds. The first-order valence-corrected chi connectivity index (χ1v) is 9.59. The molecule has 0 bridgehead atoms. The van der Waals surface area contributed by atoms with Gasteiger partial charge in [-0.25, -0.2) is 0 Å². The SMILES string of the molecule is COc1ccccc1C(C)NC(=O)CN1CCNCC1c1cccc(Cl)c1.Cl. The summed E-state index contributed by atoms with van der Waals surface area (Å²) in [5.74, 6) is 0.784. The summed E-state index contributed by atoms with van der Waals surface area (Å²) in [5, 5.41) is 7.21. The molecule has 2 N–H and O–H groups in total. The standard InChI is InChI=1S/C21H26ClN3O2.ClH/c1-15(18-8-3-4-9-20(18)27-2)24-21(26)14-25-11-10-23-13-19(25)16-6-5-7-17(22)12-16;/h3-9,12,15,19,23H,10-11,13-14H2,1-2H3,(H,24,26);1H. The number of ether oxygens (including phenoxy) is 1. The van der Waals surface area contributed by atoms with E-state index in [4.69, 9.17) is 16.3 Å². The van der Waals surface area contributed by atoms with E-state index < -0.39 is 0 Å². The lowest BCUT2D eigenvalue weighted by molar-refractivity contribution is -0.123. The molecule has 0 radical (unpaired) electrons. The van der Waals surface area contributed by atoms with Crippen LogP contribution in [0.15, 0.2) is 48.5 Å². The van der Waals surface area contributed by atoms with Crippen molar-refractivity contribution in [1.82, 2.24) is 15.5 Å². The van der Waals surface area contributed by atoms with Gasteiger partial charge >= 0.3 is 0 Å². The highest BCUT2D eigenvalue weighted by Gasteiger charge is 2.26. The molecule has 5 nitrogen and oxygen atoms in total. The number of hydrogen-bond donors (Lipinski definition) is 2. The number of carbonyl (C=O) groups is 1. The topological polar surface area (TPSA) is 53.6 Å². The van der Waals surface area contributed by atoms with E-state index in [1.165, 1.54) is 0 Å². The Kier molecular flexibility index (Phi) is 8.58. The fourth-order valence-corrected chi connectivity index (χ4v) is 3.75. The Morgan fingerprint density at radius 1 is 1.32 bits per heavy atom. The summed E-state index contributed by atoms with van der Waals surface area (Å²) in [7, 11) is 1.64. The molecule has 1 aliphatic rings. The summed E-state index contributed by atoms with van der Waals surface area (Å²) < 4.78 is 5.40. The highest BCUT2D eigenvalue weighted by atomic mass is 35.5. The second-order valence-electron chi connectivity index (χ2n) is 6.78. The number of piperazine rings is 1. The average molecular weight is 424 g/mol. The number of nitrogens with one attached hydrogen (secondary N) is 2. The van der Waals surface area contributed by atoms with Gasteiger partial charge in [0.25, 0.3) is 0 Å². The summed E-state index contributed by atoms with van der Waals surface area (Å²) in [4.78, 5) is 14.9. The second kappa shape index (κ2) is 10.7. The van der Waals surface area contributed by atoms with Crippen molar-refractivity contribution in [2.24, 2.45) is 0 Å². The molecular formula is C21H27Cl2N3O2. The summed E-state index contributed by atoms with van der Waals surface area (Å²) in [6.07, 6.45) is 0. The predicted octanol–water partition coefficient (Wildman–Crippen LogP) is 3.59. The van der Waals surface area contributed by atoms with E-state index in [0.29, 0.717) is 11.6 Å². The summed E-state index contributed by atoms with van der Waals surface area (Å²) in [5.41, 5.74) is 2.10. The van der Waals surface area contributed by atoms with Crippen LogP contribution >= 0.6 is 24.0 Å². The van der Waals surface area contributed by atoms with Crippen molar-refractivity contribution in [2.75, 3.05) is 33.3 Å². The minimum atomic E-state index is -0.124. The lowest BCUT2D eigenvalue weighted by Crippen LogP contribution is -2.49. The van der Waals surface area contributed by atoms with Gasteiger partial charge in [0.15, 0.2) is 0 Å². The molecule has 0 aliphatic carbocycles. The first-order valence-electron chi connectivity index (χ1n) is 9.21. The van der Waals surface area contributed by atoms with Crippen LogP contribution in [-0.4, -0.2) is 44.1 Å². The second-order valence-corrected chi connectivity index (χ2v) is 7.21. The van der Waals surface area contributed by atoms with Crippen LogP contribution in [0.4, 0.5) is 0 Å². The smallest absolute Gasteiger partial charge is 0.234 e. The molecule has 0 saturated carbocycles. The number of amides is 1. The van der Waals surface area contributed by atoms with E-state index in [1.807, 2.05) is 49.4 Å². The monoisotopic (exact) mass is 423 g/mol. The number of benzene rings is 2. The van der Waals surface area contributed by atoms with Gasteiger partial charge in [-0.1, -0.05) is 41.9 Å². The van der Waals surface area contributed by atoms with Crippen LogP contribution in [0.3, 0.4) is 0 Å². The van der Waals surface area contributed by atoms with Gasteiger partial charge in [-0.2, -0.15) is 0 Å². The van der Waals surface area contributed by atoms with Crippen LogP contribution < -0.4 is 15.4 Å². The maximum atomic E-state index is 12.7. The Labute approximate surface area is 177 Å². The first-order chi connectivity index (χ1) is 13.1. The van der Waals surface area contributed by atoms with Crippen molar-refractivity contribution < 1.29 is 9.53 Å². The van der Waals surface area contributed by atoms with Crippen molar-refractivity contribution in [3.8, 4) is 5.75 Å². The fraction of sp³-hybridized carbons (Fsp3) is 0.381. The molecule has 0 spiro atoms. The molecule has 28 heavy (non-hydrogen) atoms. The zero-order chi connectivity index (χ0) is 19.2. The third-order valence-electron chi connectivity index (χ3n) is 4.92. The Balaban J connectivity index is 0.00000280. The van der Waals surface area contributed by atoms with Crippen molar-refractivity contribution in [1.29, 1.82) is 0 Å². The molecule has 2 aromatic carbocycles. The van der Waals surface area contributed by atoms with Crippen LogP contribution in [0, 0.1) is 0 Å². The number of methoxy groups -OCH3 is 1. The molecule has 7 heteroatoms. The van der Waals surface area contributed by atoms with Crippen molar-refractivity contribution in [3.05, 3.63) is 64.7 Å². The molecule has 0 aromatic heterocycles. The molecule has 2 aromatic rings. The van der Waals surface area contributed by atoms with E-state index in [1.54, 1.807) is 7.11 Å². The van der Waals surface area contributed by atoms with Gasteiger partial charge in [-0.3, -0.25) is 9.69 Å². The maximum Gasteiger partial charge on any atom is 0.234 e. The molecule has 3 rings (SSSR count). The Morgan fingerprint density at radius 3 is 2.86 bits per heavy atom. The quantitative estimate of drug-likeness (QED) is 0.744. The van der Waals surface area contributed by atoms with E-state index in [2.05, 4.69) is 21.6 Å². The summed E-state index contributed by atoms with van der Waals surface area (Å²) in [6.45, 7) is 4.80. The normalized spacial score (nSPS) is 18.0. The van der Waals surface area contributed by atoms with Gasteiger partial charge in [0.1, 0.15) is 5.75 Å². The Hall–Kier alpha value is -1.79. The van der Waals surface area contributed by atoms with Gasteiger partial charge in [-0.05, 0) is 30.7 Å². The van der Waals surface area contributed by atoms with E-state index in [-0.39, 0.29) is 30.4 Å². The largest absolute Gasteiger partial charge is 0.496 e. The number of nitrogens with zero attached hydrogens (tertiary/aromatic N) is 1. The number of rotatable bonds is 6. The van der Waals surface area contributed by atoms with Gasteiger partial charge in [0, 0.05) is 36.3 Å². The highest BCUT2D eigenvalue weighted by Crippen LogP contribution is 2.26. The lowest BCUT2D eigenvalue weighted by atomic mass is 10.0. The molecule has 1 fully saturated rings. The van der Waals surface area contributed by atoms with E-state index >= 15 is 0 Å². The zero-order valence-electron chi connectivity index (χ0n) is 16.2. The van der Waals surface area contributed by atoms with Crippen LogP contribution in [-0.2, 0) is 4.79 Å². The molecule has 152 valence electrons. The van der Waals surface area contributed by atoms with E-state index in [9.17, 15) is 4.79 Å². The molecule has 1 aliphatic heterocycles. The first kappa shape index (κ1) is 22.5. The van der Waals surface area contributed by atoms with E-state index in [0.717, 1.165) is 36.5 Å². The maximum absolute atomic E-state index is 12.7. The summed E-state index contributed by atoms with van der Waals surface area (Å²) in [6, 6.07) is 15.6. The van der Waals surface area contributed by atoms with Crippen LogP contribution in [0.5, 0.6) is 5.75 Å². The van der Waals surface area contributed by atoms with Crippen LogP contribution in [0.25, 0.3) is 0 Å². The van der Waals surface area contributed by atoms with Gasteiger partial charge in [-0.15, -0.1) is 12.4 Å². The van der Waals surface area contributed by atoms with Crippen LogP contribution in [0.1, 0.15) is 30.1 Å². The fourth-order valence-electron chi connectivity index (χ4n) is 3.55. The Morgan fingerprint density at radius 2 is 2.11 bits per heavy atom. The summed E-state index contributed by atoms with van der Waals surface area (Å²) >= 11 is 6.15. The molecule has 2 unspecified atom stereocenters. The van der Waals surface area contributed by atoms with Gasteiger partial charge in [0.2, 0.25) is 5.91 Å². The molecule has 2 atom stereocenters. The minimum absolute atomic E-state index is 0. The molecular weight excluding hydrogens is 397 g/mol. The minimum Gasteiger partial charge on any atom is -0.496 e.